The lowest BCUT2D eigenvalue weighted by molar-refractivity contribution is -0.129. The number of pyridine rings is 1. The van der Waals surface area contributed by atoms with E-state index < -0.39 is 12.1 Å². The first-order valence-corrected chi connectivity index (χ1v) is 9.74. The number of ether oxygens (including phenoxy) is 1. The lowest BCUT2D eigenvalue weighted by Gasteiger charge is -2.15. The van der Waals surface area contributed by atoms with E-state index >= 15 is 0 Å². The summed E-state index contributed by atoms with van der Waals surface area (Å²) >= 11 is 0. The zero-order valence-electron chi connectivity index (χ0n) is 17.2. The Kier molecular flexibility index (Phi) is 7.00. The molecule has 2 aromatic rings. The average molecular weight is 411 g/mol. The number of rotatable bonds is 9. The van der Waals surface area contributed by atoms with Crippen LogP contribution in [0, 0.1) is 12.8 Å². The summed E-state index contributed by atoms with van der Waals surface area (Å²) in [5.74, 6) is -0.545. The number of carboxylic acids is 1. The number of hydrogen-bond acceptors (Lipinski definition) is 7. The van der Waals surface area contributed by atoms with Crippen molar-refractivity contribution >= 4 is 17.6 Å². The summed E-state index contributed by atoms with van der Waals surface area (Å²) in [7, 11) is 1.30. The third-order valence-corrected chi connectivity index (χ3v) is 4.57. The minimum atomic E-state index is -1.22. The van der Waals surface area contributed by atoms with Crippen molar-refractivity contribution in [1.82, 2.24) is 4.98 Å². The fraction of sp³-hybridized carbons (Fsp3) is 0.364. The highest BCUT2D eigenvalue weighted by atomic mass is 16.7. The highest BCUT2D eigenvalue weighted by Gasteiger charge is 2.26. The van der Waals surface area contributed by atoms with Crippen LogP contribution in [0.25, 0.3) is 0 Å². The predicted molar refractivity (Wildman–Crippen MR) is 111 cm³/mol. The predicted octanol–water partition coefficient (Wildman–Crippen LogP) is 3.69. The standard InChI is InChI=1S/C22H25N3O5/c1-14-7-6-10-19(23-14)15(2)30-25-21(29-13-16-11-12-16)18-9-5-4-8-17(18)20(22(26)27)24-28-3/h4-10,15-16H,11-13H2,1-3H3,(H,26,27)/b24-20+,25-21+. The Morgan fingerprint density at radius 3 is 2.53 bits per heavy atom. The van der Waals surface area contributed by atoms with E-state index in [0.29, 0.717) is 23.7 Å². The number of oxime groups is 2. The molecule has 3 rings (SSSR count). The van der Waals surface area contributed by atoms with E-state index in [0.717, 1.165) is 24.2 Å². The summed E-state index contributed by atoms with van der Waals surface area (Å²) in [4.78, 5) is 26.6. The number of nitrogens with zero attached hydrogens (tertiary/aromatic N) is 3. The Labute approximate surface area is 175 Å². The van der Waals surface area contributed by atoms with Crippen molar-refractivity contribution in [3.05, 3.63) is 65.0 Å². The van der Waals surface area contributed by atoms with Crippen molar-refractivity contribution in [3.63, 3.8) is 0 Å². The summed E-state index contributed by atoms with van der Waals surface area (Å²) in [6, 6.07) is 12.5. The molecule has 1 aromatic heterocycles. The van der Waals surface area contributed by atoms with Gasteiger partial charge in [-0.25, -0.2) is 4.79 Å². The average Bonchev–Trinajstić information content (AvgIpc) is 3.56. The van der Waals surface area contributed by atoms with Crippen LogP contribution in [0.1, 0.15) is 48.4 Å². The lowest BCUT2D eigenvalue weighted by atomic mass is 10.0. The van der Waals surface area contributed by atoms with Crippen molar-refractivity contribution in [2.45, 2.75) is 32.8 Å². The molecular formula is C22H25N3O5. The molecule has 0 radical (unpaired) electrons. The summed E-state index contributed by atoms with van der Waals surface area (Å²) in [6.07, 6.45) is 1.79. The van der Waals surface area contributed by atoms with Gasteiger partial charge in [0.1, 0.15) is 7.11 Å². The number of aryl methyl sites for hydroxylation is 1. The van der Waals surface area contributed by atoms with E-state index in [2.05, 4.69) is 15.3 Å². The lowest BCUT2D eigenvalue weighted by Crippen LogP contribution is -2.21. The SMILES string of the molecule is CO/N=C(/C(=O)O)c1ccccc1/C(=N\OC(C)c1cccc(C)n1)OCC1CC1. The molecule has 0 aliphatic heterocycles. The van der Waals surface area contributed by atoms with Crippen molar-refractivity contribution < 1.29 is 24.3 Å². The minimum Gasteiger partial charge on any atom is -0.476 e. The van der Waals surface area contributed by atoms with Crippen molar-refractivity contribution in [3.8, 4) is 0 Å². The van der Waals surface area contributed by atoms with Gasteiger partial charge in [0.15, 0.2) is 11.8 Å². The van der Waals surface area contributed by atoms with E-state index in [9.17, 15) is 9.90 Å². The van der Waals surface area contributed by atoms with Crippen LogP contribution in [0.2, 0.25) is 0 Å². The molecule has 1 atom stereocenters. The topological polar surface area (TPSA) is 103 Å². The van der Waals surface area contributed by atoms with E-state index in [4.69, 9.17) is 14.4 Å². The Morgan fingerprint density at radius 2 is 1.90 bits per heavy atom. The van der Waals surface area contributed by atoms with Crippen LogP contribution < -0.4 is 0 Å². The van der Waals surface area contributed by atoms with Gasteiger partial charge in [-0.2, -0.15) is 0 Å². The molecule has 1 aliphatic carbocycles. The second kappa shape index (κ2) is 9.87. The van der Waals surface area contributed by atoms with Crippen LogP contribution in [-0.4, -0.2) is 41.4 Å². The molecule has 0 saturated heterocycles. The molecule has 1 heterocycles. The number of carbonyl (C=O) groups is 1. The van der Waals surface area contributed by atoms with Gasteiger partial charge in [0.25, 0.3) is 5.90 Å². The quantitative estimate of drug-likeness (QED) is 0.383. The number of aromatic nitrogens is 1. The zero-order valence-corrected chi connectivity index (χ0v) is 17.2. The summed E-state index contributed by atoms with van der Waals surface area (Å²) in [5.41, 5.74) is 2.15. The first-order chi connectivity index (χ1) is 14.5. The van der Waals surface area contributed by atoms with Gasteiger partial charge in [0.2, 0.25) is 0 Å². The second-order valence-corrected chi connectivity index (χ2v) is 7.08. The summed E-state index contributed by atoms with van der Waals surface area (Å²) in [5, 5.41) is 17.4. The first kappa shape index (κ1) is 21.3. The van der Waals surface area contributed by atoms with Gasteiger partial charge >= 0.3 is 5.97 Å². The molecule has 1 unspecified atom stereocenters. The Balaban J connectivity index is 1.92. The van der Waals surface area contributed by atoms with E-state index in [1.54, 1.807) is 24.3 Å². The molecule has 30 heavy (non-hydrogen) atoms. The van der Waals surface area contributed by atoms with Gasteiger partial charge in [0, 0.05) is 16.8 Å². The zero-order chi connectivity index (χ0) is 21.5. The van der Waals surface area contributed by atoms with Crippen LogP contribution in [0.4, 0.5) is 0 Å². The molecule has 0 amide bonds. The molecule has 1 N–H and O–H groups in total. The normalized spacial score (nSPS) is 15.4. The van der Waals surface area contributed by atoms with Crippen LogP contribution >= 0.6 is 0 Å². The van der Waals surface area contributed by atoms with Gasteiger partial charge in [0.05, 0.1) is 12.3 Å². The van der Waals surface area contributed by atoms with Gasteiger partial charge in [-0.1, -0.05) is 29.4 Å². The number of carboxylic acid groups (broad SMARTS) is 1. The van der Waals surface area contributed by atoms with Crippen molar-refractivity contribution in [2.75, 3.05) is 13.7 Å². The highest BCUT2D eigenvalue weighted by molar-refractivity contribution is 6.43. The molecule has 0 spiro atoms. The maximum absolute atomic E-state index is 11.7. The number of aliphatic carboxylic acids is 1. The van der Waals surface area contributed by atoms with Crippen LogP contribution in [0.5, 0.6) is 0 Å². The van der Waals surface area contributed by atoms with E-state index in [1.807, 2.05) is 32.0 Å². The largest absolute Gasteiger partial charge is 0.476 e. The fourth-order valence-corrected chi connectivity index (χ4v) is 2.78. The third-order valence-electron chi connectivity index (χ3n) is 4.57. The fourth-order valence-electron chi connectivity index (χ4n) is 2.78. The third kappa shape index (κ3) is 5.56. The second-order valence-electron chi connectivity index (χ2n) is 7.08. The molecule has 158 valence electrons. The molecule has 1 aromatic carbocycles. The first-order valence-electron chi connectivity index (χ1n) is 9.74. The molecule has 1 saturated carbocycles. The number of hydrogen-bond donors (Lipinski definition) is 1. The molecule has 0 bridgehead atoms. The van der Waals surface area contributed by atoms with Crippen LogP contribution in [0.15, 0.2) is 52.8 Å². The molecule has 1 fully saturated rings. The van der Waals surface area contributed by atoms with Crippen molar-refractivity contribution in [1.29, 1.82) is 0 Å². The Bertz CT molecular complexity index is 953. The maximum atomic E-state index is 11.7. The Hall–Kier alpha value is -3.42. The molecule has 8 heteroatoms. The highest BCUT2D eigenvalue weighted by Crippen LogP contribution is 2.29. The smallest absolute Gasteiger partial charge is 0.358 e. The molecule has 8 nitrogen and oxygen atoms in total. The monoisotopic (exact) mass is 411 g/mol. The van der Waals surface area contributed by atoms with Gasteiger partial charge < -0.3 is 19.5 Å². The Morgan fingerprint density at radius 1 is 1.17 bits per heavy atom. The number of benzene rings is 1. The summed E-state index contributed by atoms with van der Waals surface area (Å²) < 4.78 is 5.93. The van der Waals surface area contributed by atoms with Crippen LogP contribution in [0.3, 0.4) is 0 Å². The molecular weight excluding hydrogens is 386 g/mol. The minimum absolute atomic E-state index is 0.196. The maximum Gasteiger partial charge on any atom is 0.358 e. The van der Waals surface area contributed by atoms with Gasteiger partial charge in [-0.3, -0.25) is 4.98 Å². The van der Waals surface area contributed by atoms with Crippen molar-refractivity contribution in [2.24, 2.45) is 16.2 Å². The summed E-state index contributed by atoms with van der Waals surface area (Å²) in [6.45, 7) is 4.23. The molecule has 1 aliphatic rings. The van der Waals surface area contributed by atoms with Gasteiger partial charge in [-0.05, 0) is 56.0 Å². The van der Waals surface area contributed by atoms with E-state index in [1.165, 1.54) is 7.11 Å². The van der Waals surface area contributed by atoms with Gasteiger partial charge in [-0.15, -0.1) is 0 Å². The van der Waals surface area contributed by atoms with E-state index in [-0.39, 0.29) is 11.6 Å². The van der Waals surface area contributed by atoms with Crippen LogP contribution in [-0.2, 0) is 19.2 Å².